The van der Waals surface area contributed by atoms with Gasteiger partial charge in [-0.1, -0.05) is 13.8 Å². The number of hydrogen-bond donors (Lipinski definition) is 2. The molecule has 8 nitrogen and oxygen atoms in total. The molecule has 2 aromatic heterocycles. The van der Waals surface area contributed by atoms with Crippen molar-refractivity contribution in [3.63, 3.8) is 0 Å². The van der Waals surface area contributed by atoms with Gasteiger partial charge in [0.15, 0.2) is 5.82 Å². The van der Waals surface area contributed by atoms with E-state index in [2.05, 4.69) is 34.6 Å². The van der Waals surface area contributed by atoms with Gasteiger partial charge in [0, 0.05) is 37.2 Å². The van der Waals surface area contributed by atoms with Crippen LogP contribution in [0.3, 0.4) is 0 Å². The SMILES string of the molecule is CC(C)C[C@H](CN(C)C)NC(=O)C(=O)Nc1ccn(Cc2ccncc2)n1. The van der Waals surface area contributed by atoms with Gasteiger partial charge in [0.05, 0.1) is 6.54 Å². The molecule has 0 radical (unpaired) electrons. The van der Waals surface area contributed by atoms with E-state index in [1.165, 1.54) is 0 Å². The van der Waals surface area contributed by atoms with Crippen LogP contribution < -0.4 is 10.6 Å². The first kappa shape index (κ1) is 20.6. The van der Waals surface area contributed by atoms with Gasteiger partial charge < -0.3 is 15.5 Å². The third-order valence-electron chi connectivity index (χ3n) is 3.86. The molecule has 0 bridgehead atoms. The fourth-order valence-electron chi connectivity index (χ4n) is 2.80. The summed E-state index contributed by atoms with van der Waals surface area (Å²) in [7, 11) is 3.88. The average molecular weight is 372 g/mol. The molecule has 2 amide bonds. The summed E-state index contributed by atoms with van der Waals surface area (Å²) >= 11 is 0. The molecule has 1 atom stereocenters. The van der Waals surface area contributed by atoms with Crippen molar-refractivity contribution in [2.45, 2.75) is 32.9 Å². The topological polar surface area (TPSA) is 92.2 Å². The van der Waals surface area contributed by atoms with Crippen LogP contribution in [0.4, 0.5) is 5.82 Å². The van der Waals surface area contributed by atoms with E-state index in [4.69, 9.17) is 0 Å². The van der Waals surface area contributed by atoms with E-state index in [0.717, 1.165) is 12.0 Å². The zero-order chi connectivity index (χ0) is 19.8. The van der Waals surface area contributed by atoms with Crippen molar-refractivity contribution in [1.82, 2.24) is 25.0 Å². The zero-order valence-electron chi connectivity index (χ0n) is 16.3. The van der Waals surface area contributed by atoms with E-state index in [1.807, 2.05) is 31.1 Å². The minimum absolute atomic E-state index is 0.0810. The fraction of sp³-hybridized carbons (Fsp3) is 0.474. The minimum Gasteiger partial charge on any atom is -0.344 e. The van der Waals surface area contributed by atoms with Crippen LogP contribution >= 0.6 is 0 Å². The van der Waals surface area contributed by atoms with Gasteiger partial charge in [-0.15, -0.1) is 0 Å². The highest BCUT2D eigenvalue weighted by molar-refractivity contribution is 6.39. The van der Waals surface area contributed by atoms with Gasteiger partial charge in [0.2, 0.25) is 0 Å². The van der Waals surface area contributed by atoms with E-state index in [1.54, 1.807) is 29.3 Å². The third-order valence-corrected chi connectivity index (χ3v) is 3.86. The van der Waals surface area contributed by atoms with Crippen LogP contribution in [0.15, 0.2) is 36.8 Å². The van der Waals surface area contributed by atoms with Crippen LogP contribution in [-0.2, 0) is 16.1 Å². The van der Waals surface area contributed by atoms with E-state index < -0.39 is 11.8 Å². The number of hydrogen-bond acceptors (Lipinski definition) is 5. The summed E-state index contributed by atoms with van der Waals surface area (Å²) in [6.07, 6.45) is 5.99. The molecule has 2 N–H and O–H groups in total. The van der Waals surface area contributed by atoms with Crippen molar-refractivity contribution in [3.8, 4) is 0 Å². The predicted octanol–water partition coefficient (Wildman–Crippen LogP) is 1.36. The highest BCUT2D eigenvalue weighted by atomic mass is 16.2. The smallest absolute Gasteiger partial charge is 0.314 e. The van der Waals surface area contributed by atoms with Crippen LogP contribution in [-0.4, -0.2) is 58.2 Å². The number of rotatable bonds is 8. The van der Waals surface area contributed by atoms with Gasteiger partial charge in [0.25, 0.3) is 0 Å². The molecular formula is C19H28N6O2. The number of carbonyl (C=O) groups excluding carboxylic acids is 2. The Kier molecular flexibility index (Phi) is 7.48. The maximum absolute atomic E-state index is 12.2. The zero-order valence-corrected chi connectivity index (χ0v) is 16.3. The Bertz CT molecular complexity index is 732. The van der Waals surface area contributed by atoms with Crippen molar-refractivity contribution in [1.29, 1.82) is 0 Å². The molecule has 0 spiro atoms. The average Bonchev–Trinajstić information content (AvgIpc) is 3.01. The second-order valence-corrected chi connectivity index (χ2v) is 7.27. The molecule has 0 aliphatic carbocycles. The number of aromatic nitrogens is 3. The minimum atomic E-state index is -0.711. The van der Waals surface area contributed by atoms with E-state index in [9.17, 15) is 9.59 Å². The number of nitrogens with one attached hydrogen (secondary N) is 2. The van der Waals surface area contributed by atoms with Gasteiger partial charge in [0.1, 0.15) is 0 Å². The lowest BCUT2D eigenvalue weighted by molar-refractivity contribution is -0.136. The van der Waals surface area contributed by atoms with Gasteiger partial charge in [-0.25, -0.2) is 0 Å². The number of anilines is 1. The Balaban J connectivity index is 1.90. The Labute approximate surface area is 160 Å². The summed E-state index contributed by atoms with van der Waals surface area (Å²) in [5, 5.41) is 9.64. The van der Waals surface area contributed by atoms with Crippen LogP contribution in [0.25, 0.3) is 0 Å². The highest BCUT2D eigenvalue weighted by Gasteiger charge is 2.20. The number of nitrogens with zero attached hydrogens (tertiary/aromatic N) is 4. The maximum Gasteiger partial charge on any atom is 0.314 e. The molecule has 27 heavy (non-hydrogen) atoms. The molecule has 146 valence electrons. The molecule has 8 heteroatoms. The van der Waals surface area contributed by atoms with Crippen LogP contribution in [0, 0.1) is 5.92 Å². The van der Waals surface area contributed by atoms with Crippen molar-refractivity contribution in [2.24, 2.45) is 5.92 Å². The van der Waals surface area contributed by atoms with Gasteiger partial charge in [-0.3, -0.25) is 19.3 Å². The van der Waals surface area contributed by atoms with Gasteiger partial charge >= 0.3 is 11.8 Å². The summed E-state index contributed by atoms with van der Waals surface area (Å²) < 4.78 is 1.69. The standard InChI is InChI=1S/C19H28N6O2/c1-14(2)11-16(13-24(3)4)21-18(26)19(27)22-17-7-10-25(23-17)12-15-5-8-20-9-6-15/h5-10,14,16H,11-13H2,1-4H3,(H,21,26)(H,22,23,27)/t16-/m1/s1. The molecule has 2 aromatic rings. The summed E-state index contributed by atoms with van der Waals surface area (Å²) in [6.45, 7) is 5.41. The maximum atomic E-state index is 12.2. The van der Waals surface area contributed by atoms with Crippen molar-refractivity contribution in [3.05, 3.63) is 42.4 Å². The first-order valence-corrected chi connectivity index (χ1v) is 9.02. The molecule has 0 fully saturated rings. The lowest BCUT2D eigenvalue weighted by Crippen LogP contribution is -2.46. The van der Waals surface area contributed by atoms with Gasteiger partial charge in [-0.2, -0.15) is 5.10 Å². The monoisotopic (exact) mass is 372 g/mol. The fourth-order valence-corrected chi connectivity index (χ4v) is 2.80. The van der Waals surface area contributed by atoms with E-state index >= 15 is 0 Å². The highest BCUT2D eigenvalue weighted by Crippen LogP contribution is 2.07. The van der Waals surface area contributed by atoms with Crippen molar-refractivity contribution >= 4 is 17.6 Å². The molecule has 0 aromatic carbocycles. The Morgan fingerprint density at radius 3 is 2.48 bits per heavy atom. The van der Waals surface area contributed by atoms with Crippen molar-refractivity contribution in [2.75, 3.05) is 26.0 Å². The first-order valence-electron chi connectivity index (χ1n) is 9.02. The van der Waals surface area contributed by atoms with E-state index in [0.29, 0.717) is 24.8 Å². The molecule has 0 saturated heterocycles. The lowest BCUT2D eigenvalue weighted by Gasteiger charge is -2.23. The number of pyridine rings is 1. The first-order chi connectivity index (χ1) is 12.8. The largest absolute Gasteiger partial charge is 0.344 e. The second-order valence-electron chi connectivity index (χ2n) is 7.27. The Morgan fingerprint density at radius 1 is 1.15 bits per heavy atom. The van der Waals surface area contributed by atoms with Crippen molar-refractivity contribution < 1.29 is 9.59 Å². The normalized spacial score (nSPS) is 12.2. The summed E-state index contributed by atoms with van der Waals surface area (Å²) in [6, 6.07) is 5.38. The molecule has 0 aliphatic rings. The third kappa shape index (κ3) is 7.18. The molecule has 2 rings (SSSR count). The van der Waals surface area contributed by atoms with Crippen LogP contribution in [0.5, 0.6) is 0 Å². The van der Waals surface area contributed by atoms with Crippen LogP contribution in [0.2, 0.25) is 0 Å². The van der Waals surface area contributed by atoms with E-state index in [-0.39, 0.29) is 6.04 Å². The summed E-state index contributed by atoms with van der Waals surface area (Å²) in [5.41, 5.74) is 1.05. The molecule has 0 unspecified atom stereocenters. The summed E-state index contributed by atoms with van der Waals surface area (Å²) in [5.74, 6) is -0.595. The second kappa shape index (κ2) is 9.82. The number of amides is 2. The Morgan fingerprint density at radius 2 is 1.85 bits per heavy atom. The molecule has 0 aliphatic heterocycles. The Hall–Kier alpha value is -2.74. The predicted molar refractivity (Wildman–Crippen MR) is 104 cm³/mol. The van der Waals surface area contributed by atoms with Crippen LogP contribution in [0.1, 0.15) is 25.8 Å². The summed E-state index contributed by atoms with van der Waals surface area (Å²) in [4.78, 5) is 30.4. The number of carbonyl (C=O) groups is 2. The number of likely N-dealkylation sites (N-methyl/N-ethyl adjacent to an activating group) is 1. The quantitative estimate of drug-likeness (QED) is 0.683. The molecular weight excluding hydrogens is 344 g/mol. The lowest BCUT2D eigenvalue weighted by atomic mass is 10.0. The molecule has 0 saturated carbocycles. The molecule has 2 heterocycles. The van der Waals surface area contributed by atoms with Gasteiger partial charge in [-0.05, 0) is 44.1 Å².